The van der Waals surface area contributed by atoms with Gasteiger partial charge in [-0.15, -0.1) is 0 Å². The lowest BCUT2D eigenvalue weighted by Gasteiger charge is -2.27. The highest BCUT2D eigenvalue weighted by Gasteiger charge is 2.31. The fraction of sp³-hybridized carbons (Fsp3) is 0.556. The normalized spacial score (nSPS) is 14.0. The molecule has 0 saturated heterocycles. The van der Waals surface area contributed by atoms with Gasteiger partial charge in [-0.25, -0.2) is 9.59 Å². The lowest BCUT2D eigenvalue weighted by molar-refractivity contribution is -0.140. The lowest BCUT2D eigenvalue weighted by Crippen LogP contribution is -2.46. The summed E-state index contributed by atoms with van der Waals surface area (Å²) in [5, 5.41) is 12.0. The van der Waals surface area contributed by atoms with E-state index in [1.54, 1.807) is 27.7 Å². The van der Waals surface area contributed by atoms with Crippen molar-refractivity contribution in [2.45, 2.75) is 66.0 Å². The van der Waals surface area contributed by atoms with Crippen molar-refractivity contribution in [3.05, 3.63) is 34.4 Å². The van der Waals surface area contributed by atoms with Crippen LogP contribution in [0.4, 0.5) is 4.79 Å². The molecule has 0 heterocycles. The Hall–Kier alpha value is -2.04. The van der Waals surface area contributed by atoms with E-state index in [-0.39, 0.29) is 5.92 Å². The van der Waals surface area contributed by atoms with E-state index < -0.39 is 23.7 Å². The molecule has 1 amide bonds. The Morgan fingerprint density at radius 3 is 2.00 bits per heavy atom. The average molecular weight is 321 g/mol. The number of carboxylic acids is 1. The van der Waals surface area contributed by atoms with Gasteiger partial charge in [-0.1, -0.05) is 24.6 Å². The van der Waals surface area contributed by atoms with Crippen LogP contribution in [0.2, 0.25) is 0 Å². The first kappa shape index (κ1) is 19.0. The maximum atomic E-state index is 11.9. The lowest BCUT2D eigenvalue weighted by atomic mass is 9.86. The third-order valence-corrected chi connectivity index (χ3v) is 3.63. The topological polar surface area (TPSA) is 75.6 Å². The van der Waals surface area contributed by atoms with Crippen LogP contribution in [0.25, 0.3) is 0 Å². The number of carbonyl (C=O) groups is 2. The van der Waals surface area contributed by atoms with Crippen molar-refractivity contribution in [3.8, 4) is 0 Å². The van der Waals surface area contributed by atoms with Crippen LogP contribution in [0, 0.1) is 20.8 Å². The number of hydrogen-bond acceptors (Lipinski definition) is 3. The van der Waals surface area contributed by atoms with E-state index in [0.29, 0.717) is 0 Å². The molecule has 0 spiro atoms. The highest BCUT2D eigenvalue weighted by atomic mass is 16.6. The molecule has 0 aromatic heterocycles. The number of carbonyl (C=O) groups excluding carboxylic acids is 1. The first-order valence-electron chi connectivity index (χ1n) is 7.72. The van der Waals surface area contributed by atoms with E-state index >= 15 is 0 Å². The number of hydrogen-bond donors (Lipinski definition) is 2. The first-order chi connectivity index (χ1) is 10.4. The van der Waals surface area contributed by atoms with Crippen LogP contribution in [0.1, 0.15) is 55.9 Å². The second-order valence-electron chi connectivity index (χ2n) is 7.06. The van der Waals surface area contributed by atoms with Crippen LogP contribution in [-0.4, -0.2) is 28.8 Å². The standard InChI is InChI=1S/C18H27NO4/c1-10-8-11(2)14(12(3)9-10)13(4)15(16(20)21)19-17(22)23-18(5,6)7/h8-9,13,15H,1-7H3,(H,19,22)(H,20,21)/t13-,15-/m0/s1. The van der Waals surface area contributed by atoms with Crippen LogP contribution in [-0.2, 0) is 9.53 Å². The summed E-state index contributed by atoms with van der Waals surface area (Å²) in [6.07, 6.45) is -0.723. The summed E-state index contributed by atoms with van der Waals surface area (Å²) >= 11 is 0. The number of rotatable bonds is 4. The number of carboxylic acid groups (broad SMARTS) is 1. The van der Waals surface area contributed by atoms with Crippen LogP contribution in [0.3, 0.4) is 0 Å². The first-order valence-corrected chi connectivity index (χ1v) is 7.72. The van der Waals surface area contributed by atoms with Gasteiger partial charge in [0.05, 0.1) is 0 Å². The second-order valence-corrected chi connectivity index (χ2v) is 7.06. The molecule has 128 valence electrons. The monoisotopic (exact) mass is 321 g/mol. The molecule has 0 aliphatic heterocycles. The zero-order valence-corrected chi connectivity index (χ0v) is 15.0. The minimum Gasteiger partial charge on any atom is -0.480 e. The molecule has 1 rings (SSSR count). The molecule has 1 aromatic rings. The van der Waals surface area contributed by atoms with E-state index in [1.165, 1.54) is 0 Å². The van der Waals surface area contributed by atoms with Gasteiger partial charge in [0.25, 0.3) is 0 Å². The van der Waals surface area contributed by atoms with E-state index in [4.69, 9.17) is 4.74 Å². The van der Waals surface area contributed by atoms with E-state index in [2.05, 4.69) is 5.32 Å². The van der Waals surface area contributed by atoms with Gasteiger partial charge in [0.15, 0.2) is 0 Å². The third kappa shape index (κ3) is 5.27. The highest BCUT2D eigenvalue weighted by molar-refractivity contribution is 5.81. The molecule has 0 aliphatic carbocycles. The minimum absolute atomic E-state index is 0.374. The van der Waals surface area contributed by atoms with Crippen molar-refractivity contribution < 1.29 is 19.4 Å². The third-order valence-electron chi connectivity index (χ3n) is 3.63. The molecule has 0 fully saturated rings. The molecular weight excluding hydrogens is 294 g/mol. The molecule has 2 atom stereocenters. The fourth-order valence-corrected chi connectivity index (χ4v) is 2.91. The van der Waals surface area contributed by atoms with E-state index in [9.17, 15) is 14.7 Å². The number of aryl methyl sites for hydroxylation is 3. The van der Waals surface area contributed by atoms with Gasteiger partial charge in [-0.05, 0) is 58.2 Å². The summed E-state index contributed by atoms with van der Waals surface area (Å²) in [6.45, 7) is 12.9. The molecule has 0 radical (unpaired) electrons. The Morgan fingerprint density at radius 1 is 1.13 bits per heavy atom. The minimum atomic E-state index is -1.08. The van der Waals surface area contributed by atoms with E-state index in [0.717, 1.165) is 22.3 Å². The highest BCUT2D eigenvalue weighted by Crippen LogP contribution is 2.28. The predicted molar refractivity (Wildman–Crippen MR) is 89.9 cm³/mol. The maximum Gasteiger partial charge on any atom is 0.408 e. The quantitative estimate of drug-likeness (QED) is 0.886. The molecule has 1 aromatic carbocycles. The van der Waals surface area contributed by atoms with Gasteiger partial charge >= 0.3 is 12.1 Å². The number of aliphatic carboxylic acids is 1. The van der Waals surface area contributed by atoms with Gasteiger partial charge in [-0.2, -0.15) is 0 Å². The second kappa shape index (κ2) is 7.02. The molecule has 5 heteroatoms. The van der Waals surface area contributed by atoms with Crippen LogP contribution in [0.5, 0.6) is 0 Å². The molecule has 2 N–H and O–H groups in total. The summed E-state index contributed by atoms with van der Waals surface area (Å²) in [4.78, 5) is 23.6. The summed E-state index contributed by atoms with van der Waals surface area (Å²) < 4.78 is 5.17. The van der Waals surface area contributed by atoms with Gasteiger partial charge in [-0.3, -0.25) is 0 Å². The van der Waals surface area contributed by atoms with Crippen molar-refractivity contribution in [1.29, 1.82) is 0 Å². The molecule has 0 bridgehead atoms. The summed E-state index contributed by atoms with van der Waals surface area (Å²) in [5.74, 6) is -1.46. The predicted octanol–water partition coefficient (Wildman–Crippen LogP) is 3.69. The SMILES string of the molecule is Cc1cc(C)c([C@H](C)[C@H](NC(=O)OC(C)(C)C)C(=O)O)c(C)c1. The largest absolute Gasteiger partial charge is 0.480 e. The Bertz CT molecular complexity index is 579. The van der Waals surface area contributed by atoms with Crippen molar-refractivity contribution >= 4 is 12.1 Å². The van der Waals surface area contributed by atoms with Crippen molar-refractivity contribution in [3.63, 3.8) is 0 Å². The number of alkyl carbamates (subject to hydrolysis) is 1. The van der Waals surface area contributed by atoms with Gasteiger partial charge < -0.3 is 15.2 Å². The Labute approximate surface area is 138 Å². The van der Waals surface area contributed by atoms with Gasteiger partial charge in [0.2, 0.25) is 0 Å². The number of nitrogens with one attached hydrogen (secondary N) is 1. The van der Waals surface area contributed by atoms with Crippen molar-refractivity contribution in [1.82, 2.24) is 5.32 Å². The van der Waals surface area contributed by atoms with Gasteiger partial charge in [0.1, 0.15) is 11.6 Å². The average Bonchev–Trinajstić information content (AvgIpc) is 2.31. The maximum absolute atomic E-state index is 11.9. The molecule has 0 saturated carbocycles. The molecular formula is C18H27NO4. The Morgan fingerprint density at radius 2 is 1.61 bits per heavy atom. The number of ether oxygens (including phenoxy) is 1. The Balaban J connectivity index is 3.07. The molecule has 0 aliphatic rings. The van der Waals surface area contributed by atoms with Crippen LogP contribution < -0.4 is 5.32 Å². The van der Waals surface area contributed by atoms with E-state index in [1.807, 2.05) is 32.9 Å². The zero-order valence-electron chi connectivity index (χ0n) is 15.0. The fourth-order valence-electron chi connectivity index (χ4n) is 2.91. The summed E-state index contributed by atoms with van der Waals surface area (Å²) in [6, 6.07) is 2.99. The van der Waals surface area contributed by atoms with Crippen molar-refractivity contribution in [2.24, 2.45) is 0 Å². The smallest absolute Gasteiger partial charge is 0.408 e. The number of benzene rings is 1. The molecule has 23 heavy (non-hydrogen) atoms. The van der Waals surface area contributed by atoms with Crippen LogP contribution >= 0.6 is 0 Å². The molecule has 5 nitrogen and oxygen atoms in total. The summed E-state index contributed by atoms with van der Waals surface area (Å²) in [7, 11) is 0. The molecule has 0 unspecified atom stereocenters. The summed E-state index contributed by atoms with van der Waals surface area (Å²) in [5.41, 5.74) is 3.44. The number of amides is 1. The van der Waals surface area contributed by atoms with Crippen molar-refractivity contribution in [2.75, 3.05) is 0 Å². The van der Waals surface area contributed by atoms with Gasteiger partial charge in [0, 0.05) is 5.92 Å². The zero-order chi connectivity index (χ0) is 17.9. The Kier molecular flexibility index (Phi) is 5.81. The van der Waals surface area contributed by atoms with Crippen LogP contribution in [0.15, 0.2) is 12.1 Å².